The molecule has 0 radical (unpaired) electrons. The third-order valence-corrected chi connectivity index (χ3v) is 17.7. The number of carboxylic acids is 1. The molecule has 14 rings (SSSR count). The molecular weight excluding hydrogens is 1400 g/mol. The lowest BCUT2D eigenvalue weighted by Crippen LogP contribution is -2.32. The van der Waals surface area contributed by atoms with E-state index in [-0.39, 0.29) is 39.1 Å². The van der Waals surface area contributed by atoms with Crippen LogP contribution in [-0.4, -0.2) is 156 Å². The van der Waals surface area contributed by atoms with Gasteiger partial charge in [-0.1, -0.05) is 48.5 Å². The number of hydrogen-bond acceptors (Lipinski definition) is 23. The number of nitrogens with one attached hydrogen (secondary N) is 1. The molecule has 0 saturated carbocycles. The average molecular weight is 1480 g/mol. The van der Waals surface area contributed by atoms with E-state index in [4.69, 9.17) is 80.8 Å². The number of halogens is 2. The zero-order valence-electron chi connectivity index (χ0n) is 59.3. The Bertz CT molecular complexity index is 5230. The van der Waals surface area contributed by atoms with E-state index in [2.05, 4.69) is 94.5 Å². The zero-order chi connectivity index (χ0) is 75.0. The number of rotatable bonds is 21. The lowest BCUT2D eigenvalue weighted by molar-refractivity contribution is 0.0662. The van der Waals surface area contributed by atoms with Crippen LogP contribution in [0.3, 0.4) is 0 Å². The minimum absolute atomic E-state index is 0.151. The minimum Gasteiger partial charge on any atom is -0.493 e. The summed E-state index contributed by atoms with van der Waals surface area (Å²) in [5, 5.41) is 38.6. The van der Waals surface area contributed by atoms with E-state index in [1.807, 2.05) is 24.3 Å². The number of methoxy groups -OCH3 is 8. The molecular formula is C77H76Cl2N12O15. The lowest BCUT2D eigenvalue weighted by Gasteiger charge is -2.29. The number of hydrogen-bond donors (Lipinski definition) is 3. The van der Waals surface area contributed by atoms with Crippen molar-refractivity contribution in [1.82, 2.24) is 50.2 Å². The van der Waals surface area contributed by atoms with E-state index in [1.54, 1.807) is 115 Å². The molecule has 0 fully saturated rings. The van der Waals surface area contributed by atoms with Gasteiger partial charge in [-0.25, -0.2) is 4.79 Å². The molecule has 8 aromatic carbocycles. The van der Waals surface area contributed by atoms with Crippen molar-refractivity contribution in [3.63, 3.8) is 0 Å². The van der Waals surface area contributed by atoms with Gasteiger partial charge in [0.25, 0.3) is 5.91 Å². The number of carboxylic acid groups (broad SMARTS) is 1. The number of carbonyl (C=O) groups excluding carboxylic acids is 1. The molecule has 29 heteroatoms. The summed E-state index contributed by atoms with van der Waals surface area (Å²) in [6.07, 6.45) is 3.78. The molecule has 0 spiro atoms. The van der Waals surface area contributed by atoms with Crippen LogP contribution in [0.4, 0.5) is 11.4 Å². The first-order chi connectivity index (χ1) is 51.5. The Kier molecular flexibility index (Phi) is 24.8. The summed E-state index contributed by atoms with van der Waals surface area (Å²) in [4.78, 5) is 55.8. The molecule has 0 bridgehead atoms. The molecule has 4 aromatic heterocycles. The van der Waals surface area contributed by atoms with Crippen molar-refractivity contribution in [2.75, 3.05) is 99.4 Å². The topological polar surface area (TPSA) is 320 Å². The highest BCUT2D eigenvalue weighted by molar-refractivity contribution is 6.40. The van der Waals surface area contributed by atoms with E-state index < -0.39 is 11.9 Å². The van der Waals surface area contributed by atoms with Crippen molar-refractivity contribution in [3.8, 4) is 80.1 Å². The van der Waals surface area contributed by atoms with Gasteiger partial charge < -0.3 is 62.9 Å². The molecule has 0 aliphatic carbocycles. The number of tetrazole rings is 2. The Labute approximate surface area is 618 Å². The second-order valence-corrected chi connectivity index (χ2v) is 24.8. The van der Waals surface area contributed by atoms with Crippen LogP contribution in [-0.2, 0) is 38.8 Å². The maximum absolute atomic E-state index is 13.4. The molecule has 4 N–H and O–H groups in total. The standard InChI is InChI=1S/C38H36N6O7.C28H32N6O4.C10H6O4.CH2Cl2/c1-47-32-17-24-14-16-43(22-25(24)18-33(32)48-2)15-13-23-9-11-26(12-10-23)44-41-37(40-42-44)28-19-34(49-3)35(50-4)20-29(28)39-38(46)36-21-30(45)27-7-5-6-8-31(27)51-36;1-35-24-13-19-10-12-33(17-20(19)14-25(24)36-2)11-9-18-5-7-21(8-6-18)34-31-28(30-32-34)22-15-26(37-3)27(38-4)16-23(22)29;11-7-5-9(10(12)13)14-8-4-2-1-3-6(7)8;2-1-3/h5-12,17-21H,13-16,22H2,1-4H3,(H,39,46);5-8,13-16H,9-12,17,29H2,1-4H3;1-5H,(H,12,13);1H2. The van der Waals surface area contributed by atoms with Gasteiger partial charge in [0.05, 0.1) is 95.6 Å². The Morgan fingerprint density at radius 1 is 0.491 bits per heavy atom. The highest BCUT2D eigenvalue weighted by Gasteiger charge is 2.25. The molecule has 2 aliphatic heterocycles. The van der Waals surface area contributed by atoms with Gasteiger partial charge in [-0.05, 0) is 154 Å². The first kappa shape index (κ1) is 75.1. The van der Waals surface area contributed by atoms with Crippen LogP contribution in [0.2, 0.25) is 0 Å². The average Bonchev–Trinajstić information content (AvgIpc) is 1.53. The molecule has 0 atom stereocenters. The first-order valence-electron chi connectivity index (χ1n) is 33.2. The number of aromatic nitrogens is 8. The highest BCUT2D eigenvalue weighted by Crippen LogP contribution is 2.40. The fraction of sp³-hybridized carbons (Fsp3) is 0.247. The first-order valence-corrected chi connectivity index (χ1v) is 34.3. The number of ether oxygens (including phenoxy) is 8. The Hall–Kier alpha value is -12.0. The number of benzene rings is 8. The third-order valence-electron chi connectivity index (χ3n) is 17.7. The van der Waals surface area contributed by atoms with E-state index in [0.717, 1.165) is 111 Å². The predicted molar refractivity (Wildman–Crippen MR) is 401 cm³/mol. The van der Waals surface area contributed by atoms with Crippen molar-refractivity contribution in [2.24, 2.45) is 0 Å². The molecule has 1 amide bonds. The predicted octanol–water partition coefficient (Wildman–Crippen LogP) is 11.8. The number of aromatic carboxylic acids is 1. The van der Waals surface area contributed by atoms with Crippen molar-refractivity contribution < 1.29 is 61.4 Å². The molecule has 548 valence electrons. The Balaban J connectivity index is 0.000000178. The minimum atomic E-state index is -1.24. The number of para-hydroxylation sites is 2. The number of amides is 1. The normalized spacial score (nSPS) is 12.4. The molecule has 0 unspecified atom stereocenters. The third kappa shape index (κ3) is 17.6. The van der Waals surface area contributed by atoms with Crippen LogP contribution in [0.15, 0.2) is 176 Å². The number of nitrogens with zero attached hydrogens (tertiary/aromatic N) is 10. The maximum Gasteiger partial charge on any atom is 0.371 e. The number of alkyl halides is 2. The Morgan fingerprint density at radius 3 is 1.31 bits per heavy atom. The summed E-state index contributed by atoms with van der Waals surface area (Å²) in [6, 6.07) is 46.7. The number of anilines is 2. The van der Waals surface area contributed by atoms with Crippen molar-refractivity contribution in [1.29, 1.82) is 0 Å². The summed E-state index contributed by atoms with van der Waals surface area (Å²) >= 11 is 9.53. The van der Waals surface area contributed by atoms with E-state index >= 15 is 0 Å². The second kappa shape index (κ2) is 35.0. The van der Waals surface area contributed by atoms with Crippen LogP contribution < -0.4 is 59.8 Å². The van der Waals surface area contributed by atoms with Gasteiger partial charge in [0.1, 0.15) is 11.2 Å². The van der Waals surface area contributed by atoms with Crippen LogP contribution in [0.5, 0.6) is 46.0 Å². The van der Waals surface area contributed by atoms with E-state index in [1.165, 1.54) is 57.2 Å². The number of nitrogens with two attached hydrogens (primary N) is 1. The molecule has 0 saturated heterocycles. The monoisotopic (exact) mass is 1480 g/mol. The summed E-state index contributed by atoms with van der Waals surface area (Å²) in [6.45, 7) is 5.63. The van der Waals surface area contributed by atoms with Gasteiger partial charge >= 0.3 is 5.97 Å². The van der Waals surface area contributed by atoms with Crippen LogP contribution in [0.25, 0.3) is 56.1 Å². The van der Waals surface area contributed by atoms with Crippen molar-refractivity contribution in [3.05, 3.63) is 223 Å². The van der Waals surface area contributed by atoms with Gasteiger partial charge in [0, 0.05) is 74.8 Å². The van der Waals surface area contributed by atoms with Gasteiger partial charge in [-0.15, -0.1) is 53.2 Å². The van der Waals surface area contributed by atoms with Crippen LogP contribution in [0.1, 0.15) is 54.5 Å². The van der Waals surface area contributed by atoms with Gasteiger partial charge in [0.15, 0.2) is 62.6 Å². The quantitative estimate of drug-likeness (QED) is 0.0444. The number of nitrogen functional groups attached to an aromatic ring is 1. The summed E-state index contributed by atoms with van der Waals surface area (Å²) in [5.74, 6) is 3.23. The molecule has 12 aromatic rings. The van der Waals surface area contributed by atoms with Crippen molar-refractivity contribution in [2.45, 2.75) is 38.8 Å². The zero-order valence-corrected chi connectivity index (χ0v) is 60.8. The van der Waals surface area contributed by atoms with Crippen molar-refractivity contribution >= 4 is 68.4 Å². The van der Waals surface area contributed by atoms with Crippen LogP contribution in [0, 0.1) is 0 Å². The molecule has 27 nitrogen and oxygen atoms in total. The van der Waals surface area contributed by atoms with Crippen LogP contribution >= 0.6 is 23.2 Å². The second-order valence-electron chi connectivity index (χ2n) is 24.0. The number of fused-ring (bicyclic) bond motifs is 4. The van der Waals surface area contributed by atoms with E-state index in [0.29, 0.717) is 67.7 Å². The summed E-state index contributed by atoms with van der Waals surface area (Å²) in [7, 11) is 12.8. The Morgan fingerprint density at radius 2 is 0.868 bits per heavy atom. The molecule has 106 heavy (non-hydrogen) atoms. The summed E-state index contributed by atoms with van der Waals surface area (Å²) in [5.41, 5.74) is 17.1. The lowest BCUT2D eigenvalue weighted by atomic mass is 9.98. The van der Waals surface area contributed by atoms with Gasteiger partial charge in [0.2, 0.25) is 17.4 Å². The molecule has 6 heterocycles. The SMILES string of the molecule is COc1cc(N)c(-c2nnn(-c3ccc(CCN4CCc5cc(OC)c(OC)cc5C4)cc3)n2)cc1OC.COc1cc2c(cc1OC)CN(CCc1ccc(-n3nnc(-c4cc(OC)c(OC)cc4NC(=O)c4cc(=O)c5ccccc5o4)n3)cc1)CC2.ClCCl.O=C(O)c1cc(=O)c2ccccc2o1. The molecule has 2 aliphatic rings. The largest absolute Gasteiger partial charge is 0.493 e. The smallest absolute Gasteiger partial charge is 0.371 e. The fourth-order valence-electron chi connectivity index (χ4n) is 12.2. The maximum atomic E-state index is 13.4. The highest BCUT2D eigenvalue weighted by atomic mass is 35.5. The van der Waals surface area contributed by atoms with Gasteiger partial charge in [-0.3, -0.25) is 24.2 Å². The number of carbonyl (C=O) groups is 2. The van der Waals surface area contributed by atoms with Gasteiger partial charge in [-0.2, -0.15) is 0 Å². The fourth-order valence-corrected chi connectivity index (χ4v) is 12.2. The summed E-state index contributed by atoms with van der Waals surface area (Å²) < 4.78 is 54.4. The van der Waals surface area contributed by atoms with E-state index in [9.17, 15) is 19.2 Å².